The first-order valence-corrected chi connectivity index (χ1v) is 34.5. The molecule has 5 rings (SSSR count). The van der Waals surface area contributed by atoms with Crippen molar-refractivity contribution in [2.45, 2.75) is 237 Å². The third-order valence-electron chi connectivity index (χ3n) is 20.9. The first kappa shape index (κ1) is 80.0. The highest BCUT2D eigenvalue weighted by molar-refractivity contribution is 6.01. The smallest absolute Gasteiger partial charge is 0.379 e. The Labute approximate surface area is 564 Å². The molecular weight excluding hydrogens is 1260 g/mol. The molecule has 5 fully saturated rings. The summed E-state index contributed by atoms with van der Waals surface area (Å²) in [6, 6.07) is -11.5. The molecule has 3 unspecified atom stereocenters. The lowest BCUT2D eigenvalue weighted by atomic mass is 9.78. The second-order valence-electron chi connectivity index (χ2n) is 28.4. The molecule has 12 amide bonds. The zero-order valence-corrected chi connectivity index (χ0v) is 59.6. The molecule has 0 radical (unpaired) electrons. The number of halogens is 4. The summed E-state index contributed by atoms with van der Waals surface area (Å²) in [5, 5.41) is 8.59. The fourth-order valence-electron chi connectivity index (χ4n) is 14.1. The molecule has 544 valence electrons. The molecule has 0 bridgehead atoms. The van der Waals surface area contributed by atoms with Gasteiger partial charge >= 0.3 is 6.18 Å². The van der Waals surface area contributed by atoms with Crippen LogP contribution in [0.5, 0.6) is 0 Å². The number of hydrogen-bond acceptors (Lipinski definition) is 13. The molecule has 3 aliphatic heterocycles. The number of hydrogen-bond donors (Lipinski definition) is 3. The lowest BCUT2D eigenvalue weighted by molar-refractivity contribution is -0.201. The molecule has 3 N–H and O–H groups in total. The van der Waals surface area contributed by atoms with Gasteiger partial charge in [0.2, 0.25) is 70.9 Å². The van der Waals surface area contributed by atoms with E-state index < -0.39 is 193 Å². The van der Waals surface area contributed by atoms with Gasteiger partial charge in [0.05, 0.1) is 25.5 Å². The summed E-state index contributed by atoms with van der Waals surface area (Å²) in [6.45, 7) is 13.4. The van der Waals surface area contributed by atoms with Crippen molar-refractivity contribution in [1.82, 2.24) is 60.0 Å². The number of nitrogens with zero attached hydrogens (tertiary/aromatic N) is 9. The maximum atomic E-state index is 15.4. The van der Waals surface area contributed by atoms with Gasteiger partial charge in [0.25, 0.3) is 0 Å². The molecule has 0 aromatic rings. The average Bonchev–Trinajstić information content (AvgIpc) is 1.30. The molecule has 96 heavy (non-hydrogen) atoms. The van der Waals surface area contributed by atoms with Crippen LogP contribution < -0.4 is 16.0 Å². The van der Waals surface area contributed by atoms with Crippen LogP contribution in [0.25, 0.3) is 0 Å². The van der Waals surface area contributed by atoms with Crippen LogP contribution in [0.1, 0.15) is 165 Å². The third kappa shape index (κ3) is 18.9. The largest absolute Gasteiger partial charge is 0.394 e. The maximum absolute atomic E-state index is 15.4. The Bertz CT molecular complexity index is 2790. The van der Waals surface area contributed by atoms with E-state index in [9.17, 15) is 56.3 Å². The predicted molar refractivity (Wildman–Crippen MR) is 348 cm³/mol. The van der Waals surface area contributed by atoms with Crippen LogP contribution in [-0.4, -0.2) is 276 Å². The Morgan fingerprint density at radius 2 is 1.29 bits per heavy atom. The molecule has 2 saturated carbocycles. The quantitative estimate of drug-likeness (QED) is 0.165. The molecule has 0 aromatic carbocycles. The van der Waals surface area contributed by atoms with Crippen molar-refractivity contribution in [2.24, 2.45) is 29.6 Å². The fourth-order valence-corrected chi connectivity index (χ4v) is 14.1. The Balaban J connectivity index is 1.61. The fraction of sp³-hybridized carbons (Fsp3) is 0.821. The molecule has 25 nitrogen and oxygen atoms in total. The second-order valence-corrected chi connectivity index (χ2v) is 28.4. The summed E-state index contributed by atoms with van der Waals surface area (Å²) in [5.74, 6) is -12.4. The molecule has 5 aliphatic rings. The van der Waals surface area contributed by atoms with Gasteiger partial charge in [0.1, 0.15) is 66.1 Å². The number of amides is 12. The Kier molecular flexibility index (Phi) is 28.9. The van der Waals surface area contributed by atoms with Crippen LogP contribution in [0.2, 0.25) is 0 Å². The molecular formula is C67H110F4N12O13. The van der Waals surface area contributed by atoms with Crippen molar-refractivity contribution >= 4 is 70.9 Å². The summed E-state index contributed by atoms with van der Waals surface area (Å²) in [6.07, 6.45) is -5.50. The van der Waals surface area contributed by atoms with Crippen LogP contribution in [0.4, 0.5) is 17.6 Å². The van der Waals surface area contributed by atoms with E-state index in [-0.39, 0.29) is 83.6 Å². The van der Waals surface area contributed by atoms with Gasteiger partial charge in [-0.3, -0.25) is 57.5 Å². The van der Waals surface area contributed by atoms with Crippen LogP contribution >= 0.6 is 0 Å². The number of carbonyl (C=O) groups is 12. The van der Waals surface area contributed by atoms with Gasteiger partial charge in [-0.05, 0) is 108 Å². The maximum Gasteiger partial charge on any atom is 0.394 e. The van der Waals surface area contributed by atoms with Gasteiger partial charge in [-0.1, -0.05) is 74.1 Å². The Hall–Kier alpha value is -6.68. The van der Waals surface area contributed by atoms with E-state index in [1.807, 2.05) is 34.6 Å². The van der Waals surface area contributed by atoms with Crippen molar-refractivity contribution in [3.05, 3.63) is 0 Å². The summed E-state index contributed by atoms with van der Waals surface area (Å²) < 4.78 is 62.4. The van der Waals surface area contributed by atoms with E-state index >= 15 is 18.8 Å². The minimum atomic E-state index is -4.76. The number of carbonyl (C=O) groups excluding carboxylic acids is 12. The van der Waals surface area contributed by atoms with E-state index in [2.05, 4.69) is 16.0 Å². The monoisotopic (exact) mass is 1370 g/mol. The van der Waals surface area contributed by atoms with E-state index in [0.29, 0.717) is 38.5 Å². The third-order valence-corrected chi connectivity index (χ3v) is 20.9. The number of nitrogens with one attached hydrogen (secondary N) is 3. The van der Waals surface area contributed by atoms with Crippen molar-refractivity contribution < 1.29 is 79.8 Å². The minimum Gasteiger partial charge on any atom is -0.379 e. The zero-order valence-electron chi connectivity index (χ0n) is 59.6. The number of ether oxygens (including phenoxy) is 1. The van der Waals surface area contributed by atoms with E-state index in [4.69, 9.17) is 4.74 Å². The molecule has 14 atom stereocenters. The topological polar surface area (TPSA) is 279 Å². The number of alkyl halides is 4. The van der Waals surface area contributed by atoms with Gasteiger partial charge in [-0.25, -0.2) is 4.39 Å². The van der Waals surface area contributed by atoms with Crippen molar-refractivity contribution in [2.75, 3.05) is 89.2 Å². The van der Waals surface area contributed by atoms with Crippen LogP contribution in [0, 0.1) is 29.6 Å². The average molecular weight is 1370 g/mol. The van der Waals surface area contributed by atoms with Crippen LogP contribution in [-0.2, 0) is 62.3 Å². The summed E-state index contributed by atoms with van der Waals surface area (Å²) in [4.78, 5) is 188. The molecule has 0 aromatic heterocycles. The lowest BCUT2D eigenvalue weighted by Gasteiger charge is -2.45. The van der Waals surface area contributed by atoms with Crippen molar-refractivity contribution in [3.63, 3.8) is 0 Å². The molecule has 3 saturated heterocycles. The number of rotatable bonds is 14. The number of fused-ring (bicyclic) bond motifs is 2. The first-order valence-electron chi connectivity index (χ1n) is 34.5. The summed E-state index contributed by atoms with van der Waals surface area (Å²) in [7, 11) is 11.1. The lowest BCUT2D eigenvalue weighted by Crippen LogP contribution is -2.65. The van der Waals surface area contributed by atoms with E-state index in [0.717, 1.165) is 14.7 Å². The van der Waals surface area contributed by atoms with Gasteiger partial charge in [-0.2, -0.15) is 13.2 Å². The SMILES string of the molecule is CCCOC[C@H]1C(=O)N(C)CC(=O)N[C@@H](CCC2CCC(C(F)(F)F)C(F)C2)C(=O)N2CCC[C@H]2C(=O)NC2(CCCC2)C(=O)N(C)[C@@H]([C@@H](C)CC)C(=O)N(C)[C@H](C(=O)N(C)C)CC(=O)N(C)[C@@H](CC(C)C)C(=O)N[C@@H]([C@@H](C)CC)C(=O)N(C)[C@@H](C)C(=O)N2CC[C@H]2C(=O)N1C. The predicted octanol–water partition coefficient (Wildman–Crippen LogP) is 3.74. The number of likely N-dealkylation sites (N-methyl/N-ethyl adjacent to an activating group) is 7. The highest BCUT2D eigenvalue weighted by atomic mass is 19.4. The second kappa shape index (κ2) is 34.7. The Morgan fingerprint density at radius 3 is 1.84 bits per heavy atom. The summed E-state index contributed by atoms with van der Waals surface area (Å²) >= 11 is 0. The molecule has 29 heteroatoms. The van der Waals surface area contributed by atoms with Crippen molar-refractivity contribution in [1.29, 1.82) is 0 Å². The highest BCUT2D eigenvalue weighted by Gasteiger charge is 2.52. The zero-order chi connectivity index (χ0) is 72.2. The van der Waals surface area contributed by atoms with E-state index in [1.54, 1.807) is 13.8 Å². The summed E-state index contributed by atoms with van der Waals surface area (Å²) in [5.41, 5.74) is -1.60. The molecule has 3 heterocycles. The minimum absolute atomic E-state index is 0.000854. The normalized spacial score (nSPS) is 29.9. The van der Waals surface area contributed by atoms with Crippen molar-refractivity contribution in [3.8, 4) is 0 Å². The van der Waals surface area contributed by atoms with Crippen LogP contribution in [0.3, 0.4) is 0 Å². The van der Waals surface area contributed by atoms with Crippen LogP contribution in [0.15, 0.2) is 0 Å². The van der Waals surface area contributed by atoms with Gasteiger partial charge in [-0.15, -0.1) is 0 Å². The first-order chi connectivity index (χ1) is 44.9. The standard InChI is InChI=1S/C67H110F4N12O13/c1-17-33-96-38-51-61(91)76(11)37-52(84)72-46(27-25-43-24-26-44(45(68)35-43)67(69,70)71)59(89)82-31-22-23-47(82)57(87)74-66(29-20-21-30-66)65(95)81(16)55(41(7)19-3)64(94)79(14)50(60(90)75(9)10)36-53(85)78(13)49(34-39(4)5)56(86)73-54(40(6)18-2)63(93)77(12)42(8)58(88)83-32-28-48(83)62(92)80(51)15/h39-51,54-55H,17-38H2,1-16H3,(H,72,84)(H,73,86)(H,74,87)/t40-,41-,42-,43?,44?,45?,46-,47-,48-,49-,50-,51-,54-,55-/m0/s1. The Morgan fingerprint density at radius 1 is 0.667 bits per heavy atom. The van der Waals surface area contributed by atoms with Gasteiger partial charge in [0, 0.05) is 76.1 Å². The van der Waals surface area contributed by atoms with E-state index in [1.165, 1.54) is 92.7 Å². The van der Waals surface area contributed by atoms with Gasteiger partial charge in [0.15, 0.2) is 0 Å². The molecule has 2 aliphatic carbocycles. The highest BCUT2D eigenvalue weighted by Crippen LogP contribution is 2.43. The van der Waals surface area contributed by atoms with Gasteiger partial charge < -0.3 is 64.8 Å². The molecule has 1 spiro atoms.